The van der Waals surface area contributed by atoms with Crippen molar-refractivity contribution < 1.29 is 0 Å². The number of hydrogen-bond donors (Lipinski definition) is 2. The van der Waals surface area contributed by atoms with E-state index in [4.69, 9.17) is 5.73 Å². The van der Waals surface area contributed by atoms with Crippen molar-refractivity contribution >= 4 is 0 Å². The molecule has 0 fully saturated rings. The quantitative estimate of drug-likeness (QED) is 0.807. The van der Waals surface area contributed by atoms with E-state index in [-0.39, 0.29) is 5.54 Å². The highest BCUT2D eigenvalue weighted by atomic mass is 15.0. The Bertz CT molecular complexity index is 333. The van der Waals surface area contributed by atoms with E-state index in [1.807, 2.05) is 0 Å². The third-order valence-corrected chi connectivity index (χ3v) is 3.45. The van der Waals surface area contributed by atoms with Gasteiger partial charge in [-0.3, -0.25) is 0 Å². The molecule has 0 saturated carbocycles. The summed E-state index contributed by atoms with van der Waals surface area (Å²) >= 11 is 0. The Balaban J connectivity index is 2.10. The Kier molecular flexibility index (Phi) is 3.31. The molecule has 1 aliphatic rings. The van der Waals surface area contributed by atoms with Gasteiger partial charge >= 0.3 is 0 Å². The standard InChI is InChI=1S/C14H22N2/c1-11(2)9-16-14(10-15)7-12-5-3-4-6-13(12)8-14/h3-6,11,16H,7-10,15H2,1-2H3. The summed E-state index contributed by atoms with van der Waals surface area (Å²) in [5.41, 5.74) is 9.00. The zero-order valence-electron chi connectivity index (χ0n) is 10.3. The summed E-state index contributed by atoms with van der Waals surface area (Å²) < 4.78 is 0. The van der Waals surface area contributed by atoms with Gasteiger partial charge in [0.1, 0.15) is 0 Å². The summed E-state index contributed by atoms with van der Waals surface area (Å²) in [5.74, 6) is 0.673. The molecule has 0 aromatic heterocycles. The second-order valence-electron chi connectivity index (χ2n) is 5.38. The molecule has 0 aliphatic heterocycles. The van der Waals surface area contributed by atoms with Crippen LogP contribution in [0.15, 0.2) is 24.3 Å². The number of nitrogens with one attached hydrogen (secondary N) is 1. The van der Waals surface area contributed by atoms with Crippen LogP contribution in [0.5, 0.6) is 0 Å². The van der Waals surface area contributed by atoms with Crippen LogP contribution in [0.25, 0.3) is 0 Å². The Labute approximate surface area is 98.2 Å². The minimum atomic E-state index is 0.105. The molecule has 0 bridgehead atoms. The number of hydrogen-bond acceptors (Lipinski definition) is 2. The minimum absolute atomic E-state index is 0.105. The molecule has 2 nitrogen and oxygen atoms in total. The normalized spacial score (nSPS) is 17.8. The van der Waals surface area contributed by atoms with Gasteiger partial charge < -0.3 is 11.1 Å². The molecule has 88 valence electrons. The predicted octanol–water partition coefficient (Wildman–Crippen LogP) is 1.73. The van der Waals surface area contributed by atoms with Gasteiger partial charge in [-0.15, -0.1) is 0 Å². The molecule has 0 amide bonds. The summed E-state index contributed by atoms with van der Waals surface area (Å²) in [6.45, 7) is 6.23. The lowest BCUT2D eigenvalue weighted by Gasteiger charge is -2.30. The smallest absolute Gasteiger partial charge is 0.0385 e. The Hall–Kier alpha value is -0.860. The lowest BCUT2D eigenvalue weighted by molar-refractivity contribution is 0.329. The van der Waals surface area contributed by atoms with Crippen LogP contribution in [0.2, 0.25) is 0 Å². The zero-order valence-corrected chi connectivity index (χ0v) is 10.3. The van der Waals surface area contributed by atoms with Crippen molar-refractivity contribution in [2.75, 3.05) is 13.1 Å². The third kappa shape index (κ3) is 2.28. The molecule has 0 unspecified atom stereocenters. The van der Waals surface area contributed by atoms with E-state index in [2.05, 4.69) is 43.4 Å². The first kappa shape index (κ1) is 11.6. The Morgan fingerprint density at radius 1 is 1.25 bits per heavy atom. The second-order valence-corrected chi connectivity index (χ2v) is 5.38. The van der Waals surface area contributed by atoms with Gasteiger partial charge in [0.2, 0.25) is 0 Å². The van der Waals surface area contributed by atoms with Crippen molar-refractivity contribution in [2.24, 2.45) is 11.7 Å². The fourth-order valence-corrected chi connectivity index (χ4v) is 2.46. The molecule has 3 N–H and O–H groups in total. The van der Waals surface area contributed by atoms with Gasteiger partial charge in [0, 0.05) is 12.1 Å². The van der Waals surface area contributed by atoms with Crippen molar-refractivity contribution in [3.63, 3.8) is 0 Å². The Morgan fingerprint density at radius 3 is 2.25 bits per heavy atom. The van der Waals surface area contributed by atoms with Gasteiger partial charge in [-0.2, -0.15) is 0 Å². The van der Waals surface area contributed by atoms with Crippen LogP contribution in [0.1, 0.15) is 25.0 Å². The van der Waals surface area contributed by atoms with Gasteiger partial charge in [-0.1, -0.05) is 38.1 Å². The first-order valence-corrected chi connectivity index (χ1v) is 6.17. The van der Waals surface area contributed by atoms with E-state index >= 15 is 0 Å². The molecule has 0 atom stereocenters. The summed E-state index contributed by atoms with van der Waals surface area (Å²) in [4.78, 5) is 0. The maximum Gasteiger partial charge on any atom is 0.0385 e. The van der Waals surface area contributed by atoms with Gasteiger partial charge in [0.25, 0.3) is 0 Å². The predicted molar refractivity (Wildman–Crippen MR) is 68.5 cm³/mol. The van der Waals surface area contributed by atoms with E-state index < -0.39 is 0 Å². The van der Waals surface area contributed by atoms with Crippen LogP contribution < -0.4 is 11.1 Å². The fraction of sp³-hybridized carbons (Fsp3) is 0.571. The topological polar surface area (TPSA) is 38.0 Å². The van der Waals surface area contributed by atoms with Crippen LogP contribution >= 0.6 is 0 Å². The van der Waals surface area contributed by atoms with E-state index in [1.54, 1.807) is 0 Å². The van der Waals surface area contributed by atoms with E-state index in [0.29, 0.717) is 12.5 Å². The van der Waals surface area contributed by atoms with Crippen LogP contribution in [0, 0.1) is 5.92 Å². The summed E-state index contributed by atoms with van der Waals surface area (Å²) in [6.07, 6.45) is 2.15. The maximum absolute atomic E-state index is 5.97. The molecule has 0 saturated heterocycles. The molecule has 16 heavy (non-hydrogen) atoms. The summed E-state index contributed by atoms with van der Waals surface area (Å²) in [6, 6.07) is 8.69. The van der Waals surface area contributed by atoms with E-state index in [0.717, 1.165) is 19.4 Å². The molecule has 2 heteroatoms. The van der Waals surface area contributed by atoms with Crippen molar-refractivity contribution in [2.45, 2.75) is 32.2 Å². The highest BCUT2D eigenvalue weighted by Gasteiger charge is 2.35. The average Bonchev–Trinajstić information content (AvgIpc) is 2.65. The van der Waals surface area contributed by atoms with Crippen molar-refractivity contribution in [1.82, 2.24) is 5.32 Å². The number of fused-ring (bicyclic) bond motifs is 1. The monoisotopic (exact) mass is 218 g/mol. The van der Waals surface area contributed by atoms with E-state index in [1.165, 1.54) is 11.1 Å². The highest BCUT2D eigenvalue weighted by Crippen LogP contribution is 2.29. The van der Waals surface area contributed by atoms with Crippen molar-refractivity contribution in [1.29, 1.82) is 0 Å². The molecule has 1 aliphatic carbocycles. The number of benzene rings is 1. The summed E-state index contributed by atoms with van der Waals surface area (Å²) in [7, 11) is 0. The molecule has 0 radical (unpaired) electrons. The highest BCUT2D eigenvalue weighted by molar-refractivity contribution is 5.36. The van der Waals surface area contributed by atoms with Crippen molar-refractivity contribution in [3.05, 3.63) is 35.4 Å². The SMILES string of the molecule is CC(C)CNC1(CN)Cc2ccccc2C1. The molecule has 0 heterocycles. The number of rotatable bonds is 4. The largest absolute Gasteiger partial charge is 0.329 e. The second kappa shape index (κ2) is 4.56. The summed E-state index contributed by atoms with van der Waals surface area (Å²) in [5, 5.41) is 3.67. The van der Waals surface area contributed by atoms with Gasteiger partial charge in [-0.25, -0.2) is 0 Å². The first-order chi connectivity index (χ1) is 7.65. The molecule has 1 aromatic rings. The molecule has 0 spiro atoms. The van der Waals surface area contributed by atoms with Crippen LogP contribution in [0.3, 0.4) is 0 Å². The Morgan fingerprint density at radius 2 is 1.81 bits per heavy atom. The van der Waals surface area contributed by atoms with Gasteiger partial charge in [0.05, 0.1) is 0 Å². The fourth-order valence-electron chi connectivity index (χ4n) is 2.46. The zero-order chi connectivity index (χ0) is 11.6. The lowest BCUT2D eigenvalue weighted by atomic mass is 9.95. The third-order valence-electron chi connectivity index (χ3n) is 3.45. The first-order valence-electron chi connectivity index (χ1n) is 6.17. The van der Waals surface area contributed by atoms with Crippen LogP contribution in [-0.4, -0.2) is 18.6 Å². The molecular weight excluding hydrogens is 196 g/mol. The van der Waals surface area contributed by atoms with E-state index in [9.17, 15) is 0 Å². The van der Waals surface area contributed by atoms with Gasteiger partial charge in [-0.05, 0) is 36.4 Å². The van der Waals surface area contributed by atoms with Crippen LogP contribution in [-0.2, 0) is 12.8 Å². The average molecular weight is 218 g/mol. The maximum atomic E-state index is 5.97. The van der Waals surface area contributed by atoms with Crippen molar-refractivity contribution in [3.8, 4) is 0 Å². The lowest BCUT2D eigenvalue weighted by Crippen LogP contribution is -2.53. The minimum Gasteiger partial charge on any atom is -0.329 e. The molecule has 2 rings (SSSR count). The number of nitrogens with two attached hydrogens (primary N) is 1. The van der Waals surface area contributed by atoms with Gasteiger partial charge in [0.15, 0.2) is 0 Å². The van der Waals surface area contributed by atoms with Crippen LogP contribution in [0.4, 0.5) is 0 Å². The molecule has 1 aromatic carbocycles. The molecular formula is C14H22N2.